The first-order valence-electron chi connectivity index (χ1n) is 6.70. The Bertz CT molecular complexity index is 344. The predicted molar refractivity (Wildman–Crippen MR) is 67.2 cm³/mol. The van der Waals surface area contributed by atoms with E-state index in [-0.39, 0.29) is 0 Å². The lowest BCUT2D eigenvalue weighted by Gasteiger charge is -2.22. The van der Waals surface area contributed by atoms with E-state index in [1.54, 1.807) is 0 Å². The number of piperidine rings is 1. The monoisotopic (exact) mass is 254 g/mol. The smallest absolute Gasteiger partial charge is 0.204 e. The van der Waals surface area contributed by atoms with E-state index < -0.39 is 6.29 Å². The van der Waals surface area contributed by atoms with E-state index in [9.17, 15) is 0 Å². The van der Waals surface area contributed by atoms with Gasteiger partial charge < -0.3 is 14.8 Å². The number of ether oxygens (including phenoxy) is 2. The molecule has 2 heterocycles. The Morgan fingerprint density at radius 1 is 1.33 bits per heavy atom. The zero-order valence-corrected chi connectivity index (χ0v) is 11.1. The highest BCUT2D eigenvalue weighted by Crippen LogP contribution is 2.21. The zero-order chi connectivity index (χ0) is 12.8. The zero-order valence-electron chi connectivity index (χ0n) is 11.1. The van der Waals surface area contributed by atoms with Crippen molar-refractivity contribution in [1.82, 2.24) is 20.3 Å². The van der Waals surface area contributed by atoms with Crippen LogP contribution in [0.5, 0.6) is 0 Å². The molecular weight excluding hydrogens is 232 g/mol. The lowest BCUT2D eigenvalue weighted by atomic mass is 10.1. The molecule has 6 heteroatoms. The van der Waals surface area contributed by atoms with Crippen molar-refractivity contribution in [3.8, 4) is 0 Å². The lowest BCUT2D eigenvalue weighted by Crippen LogP contribution is -2.29. The maximum Gasteiger partial charge on any atom is 0.204 e. The Labute approximate surface area is 108 Å². The molecule has 6 nitrogen and oxygen atoms in total. The van der Waals surface area contributed by atoms with Gasteiger partial charge in [0.1, 0.15) is 5.69 Å². The molecule has 0 unspecified atom stereocenters. The van der Waals surface area contributed by atoms with Crippen molar-refractivity contribution in [1.29, 1.82) is 0 Å². The number of hydrogen-bond acceptors (Lipinski definition) is 5. The summed E-state index contributed by atoms with van der Waals surface area (Å²) in [6.07, 6.45) is 3.75. The summed E-state index contributed by atoms with van der Waals surface area (Å²) in [6, 6.07) is 0.441. The van der Waals surface area contributed by atoms with Crippen molar-refractivity contribution < 1.29 is 9.47 Å². The SMILES string of the molecule is CCOC(OCC)c1cn(C2CCNCC2)nn1. The molecule has 0 amide bonds. The van der Waals surface area contributed by atoms with Crippen LogP contribution >= 0.6 is 0 Å². The van der Waals surface area contributed by atoms with Gasteiger partial charge in [0.15, 0.2) is 0 Å². The first-order valence-corrected chi connectivity index (χ1v) is 6.70. The topological polar surface area (TPSA) is 61.2 Å². The molecule has 1 aliphatic heterocycles. The molecule has 0 atom stereocenters. The van der Waals surface area contributed by atoms with Gasteiger partial charge >= 0.3 is 0 Å². The number of aromatic nitrogens is 3. The fraction of sp³-hybridized carbons (Fsp3) is 0.833. The number of nitrogens with one attached hydrogen (secondary N) is 1. The van der Waals surface area contributed by atoms with Crippen molar-refractivity contribution in [2.75, 3.05) is 26.3 Å². The van der Waals surface area contributed by atoms with Crippen LogP contribution in [0.2, 0.25) is 0 Å². The summed E-state index contributed by atoms with van der Waals surface area (Å²) < 4.78 is 13.0. The molecule has 1 aromatic heterocycles. The summed E-state index contributed by atoms with van der Waals surface area (Å²) >= 11 is 0. The predicted octanol–water partition coefficient (Wildman–Crippen LogP) is 1.27. The summed E-state index contributed by atoms with van der Waals surface area (Å²) in [7, 11) is 0. The van der Waals surface area contributed by atoms with Crippen LogP contribution in [0.4, 0.5) is 0 Å². The molecule has 0 aliphatic carbocycles. The Morgan fingerprint density at radius 3 is 2.61 bits per heavy atom. The molecule has 0 radical (unpaired) electrons. The molecule has 0 spiro atoms. The van der Waals surface area contributed by atoms with E-state index >= 15 is 0 Å². The molecule has 102 valence electrons. The minimum atomic E-state index is -0.393. The summed E-state index contributed by atoms with van der Waals surface area (Å²) in [5, 5.41) is 11.7. The average molecular weight is 254 g/mol. The molecule has 0 bridgehead atoms. The van der Waals surface area contributed by atoms with E-state index in [0.717, 1.165) is 31.6 Å². The third kappa shape index (κ3) is 3.28. The van der Waals surface area contributed by atoms with Crippen LogP contribution in [0, 0.1) is 0 Å². The standard InChI is InChI=1S/C12H22N4O2/c1-3-17-12(18-4-2)11-9-16(15-14-11)10-5-7-13-8-6-10/h9-10,12-13H,3-8H2,1-2H3. The summed E-state index contributed by atoms with van der Waals surface area (Å²) in [6.45, 7) is 7.18. The van der Waals surface area contributed by atoms with Crippen LogP contribution in [0.1, 0.15) is 44.7 Å². The van der Waals surface area contributed by atoms with Crippen LogP contribution in [0.25, 0.3) is 0 Å². The van der Waals surface area contributed by atoms with Crippen LogP contribution in [-0.2, 0) is 9.47 Å². The van der Waals surface area contributed by atoms with Gasteiger partial charge in [-0.3, -0.25) is 0 Å². The third-order valence-corrected chi connectivity index (χ3v) is 3.09. The number of rotatable bonds is 6. The molecule has 18 heavy (non-hydrogen) atoms. The van der Waals surface area contributed by atoms with Gasteiger partial charge in [-0.1, -0.05) is 5.21 Å². The quantitative estimate of drug-likeness (QED) is 0.775. The lowest BCUT2D eigenvalue weighted by molar-refractivity contribution is -0.142. The highest BCUT2D eigenvalue weighted by molar-refractivity contribution is 4.96. The Kier molecular flexibility index (Phi) is 5.10. The van der Waals surface area contributed by atoms with Gasteiger partial charge in [0.25, 0.3) is 0 Å². The number of hydrogen-bond donors (Lipinski definition) is 1. The summed E-state index contributed by atoms with van der Waals surface area (Å²) in [5.41, 5.74) is 0.761. The molecule has 1 aromatic rings. The minimum Gasteiger partial charge on any atom is -0.347 e. The van der Waals surface area contributed by atoms with Crippen molar-refractivity contribution in [3.05, 3.63) is 11.9 Å². The molecule has 1 aliphatic rings. The largest absolute Gasteiger partial charge is 0.347 e. The van der Waals surface area contributed by atoms with Gasteiger partial charge in [-0.25, -0.2) is 4.68 Å². The Morgan fingerprint density at radius 2 is 2.00 bits per heavy atom. The summed E-state index contributed by atoms with van der Waals surface area (Å²) in [4.78, 5) is 0. The van der Waals surface area contributed by atoms with Crippen molar-refractivity contribution in [2.45, 2.75) is 39.0 Å². The average Bonchev–Trinajstić information content (AvgIpc) is 2.89. The molecule has 1 N–H and O–H groups in total. The molecule has 1 saturated heterocycles. The highest BCUT2D eigenvalue weighted by Gasteiger charge is 2.20. The molecule has 1 fully saturated rings. The fourth-order valence-corrected chi connectivity index (χ4v) is 2.17. The van der Waals surface area contributed by atoms with Crippen molar-refractivity contribution in [2.24, 2.45) is 0 Å². The first-order chi connectivity index (χ1) is 8.85. The van der Waals surface area contributed by atoms with Gasteiger partial charge in [0.2, 0.25) is 6.29 Å². The van der Waals surface area contributed by atoms with Gasteiger partial charge in [-0.15, -0.1) is 5.10 Å². The molecule has 2 rings (SSSR count). The van der Waals surface area contributed by atoms with Crippen molar-refractivity contribution in [3.63, 3.8) is 0 Å². The third-order valence-electron chi connectivity index (χ3n) is 3.09. The van der Waals surface area contributed by atoms with E-state index in [1.165, 1.54) is 0 Å². The molecule has 0 saturated carbocycles. The van der Waals surface area contributed by atoms with Crippen LogP contribution < -0.4 is 5.32 Å². The first kappa shape index (κ1) is 13.5. The van der Waals surface area contributed by atoms with Crippen LogP contribution in [0.3, 0.4) is 0 Å². The van der Waals surface area contributed by atoms with Crippen LogP contribution in [-0.4, -0.2) is 41.3 Å². The number of nitrogens with zero attached hydrogens (tertiary/aromatic N) is 3. The van der Waals surface area contributed by atoms with Crippen LogP contribution in [0.15, 0.2) is 6.20 Å². The molecule has 0 aromatic carbocycles. The maximum atomic E-state index is 5.52. The second kappa shape index (κ2) is 6.82. The van der Waals surface area contributed by atoms with E-state index in [2.05, 4.69) is 15.6 Å². The minimum absolute atomic E-state index is 0.393. The van der Waals surface area contributed by atoms with Gasteiger partial charge in [-0.2, -0.15) is 0 Å². The normalized spacial score (nSPS) is 17.5. The van der Waals surface area contributed by atoms with Gasteiger partial charge in [0, 0.05) is 13.2 Å². The maximum absolute atomic E-state index is 5.52. The van der Waals surface area contributed by atoms with E-state index in [1.807, 2.05) is 24.7 Å². The fourth-order valence-electron chi connectivity index (χ4n) is 2.17. The Balaban J connectivity index is 2.02. The van der Waals surface area contributed by atoms with Gasteiger partial charge in [-0.05, 0) is 39.8 Å². The molecular formula is C12H22N4O2. The van der Waals surface area contributed by atoms with Crippen molar-refractivity contribution >= 4 is 0 Å². The second-order valence-corrected chi connectivity index (χ2v) is 4.35. The second-order valence-electron chi connectivity index (χ2n) is 4.35. The Hall–Kier alpha value is -0.980. The van der Waals surface area contributed by atoms with E-state index in [4.69, 9.17) is 9.47 Å². The highest BCUT2D eigenvalue weighted by atomic mass is 16.7. The summed E-state index contributed by atoms with van der Waals surface area (Å²) in [5.74, 6) is 0. The van der Waals surface area contributed by atoms with Gasteiger partial charge in [0.05, 0.1) is 12.2 Å². The van der Waals surface area contributed by atoms with E-state index in [0.29, 0.717) is 19.3 Å².